The highest BCUT2D eigenvalue weighted by molar-refractivity contribution is 7.09. The van der Waals surface area contributed by atoms with Crippen molar-refractivity contribution in [2.24, 2.45) is 0 Å². The number of phenolic OH excluding ortho intramolecular Hbond substituents is 2. The van der Waals surface area contributed by atoms with Crippen molar-refractivity contribution in [1.82, 2.24) is 10.3 Å². The average molecular weight is 368 g/mol. The predicted molar refractivity (Wildman–Crippen MR) is 103 cm³/mol. The molecule has 0 fully saturated rings. The lowest BCUT2D eigenvalue weighted by Gasteiger charge is -2.07. The molecule has 134 valence electrons. The number of benzene rings is 2. The maximum absolute atomic E-state index is 12.3. The van der Waals surface area contributed by atoms with Crippen molar-refractivity contribution in [2.75, 3.05) is 0 Å². The Hall–Kier alpha value is -2.86. The normalized spacial score (nSPS) is 10.9. The highest BCUT2D eigenvalue weighted by Gasteiger charge is 2.10. The van der Waals surface area contributed by atoms with Crippen LogP contribution in [0.15, 0.2) is 47.8 Å². The zero-order valence-corrected chi connectivity index (χ0v) is 15.4. The molecule has 6 heteroatoms. The van der Waals surface area contributed by atoms with Crippen LogP contribution in [0.1, 0.15) is 40.7 Å². The molecular formula is C20H20N2O3S. The lowest BCUT2D eigenvalue weighted by atomic mass is 10.0. The number of amides is 1. The molecule has 3 N–H and O–H groups in total. The SMILES string of the molecule is CC(C)c1ccc(C(=O)NCc2nc(-c3ccc(O)c(O)c3)cs2)cc1. The third-order valence-electron chi connectivity index (χ3n) is 4.06. The Morgan fingerprint density at radius 1 is 1.12 bits per heavy atom. The van der Waals surface area contributed by atoms with E-state index in [1.807, 2.05) is 29.6 Å². The van der Waals surface area contributed by atoms with Gasteiger partial charge >= 0.3 is 0 Å². The van der Waals surface area contributed by atoms with Crippen LogP contribution < -0.4 is 5.32 Å². The molecule has 0 radical (unpaired) electrons. The van der Waals surface area contributed by atoms with E-state index in [1.54, 1.807) is 6.07 Å². The van der Waals surface area contributed by atoms with Crippen molar-refractivity contribution in [1.29, 1.82) is 0 Å². The van der Waals surface area contributed by atoms with Gasteiger partial charge in [0, 0.05) is 16.5 Å². The summed E-state index contributed by atoms with van der Waals surface area (Å²) in [6.07, 6.45) is 0. The monoisotopic (exact) mass is 368 g/mol. The zero-order chi connectivity index (χ0) is 18.7. The minimum atomic E-state index is -0.185. The summed E-state index contributed by atoms with van der Waals surface area (Å²) in [4.78, 5) is 16.7. The third kappa shape index (κ3) is 4.03. The van der Waals surface area contributed by atoms with Crippen LogP contribution in [0.5, 0.6) is 11.5 Å². The maximum atomic E-state index is 12.3. The van der Waals surface area contributed by atoms with E-state index >= 15 is 0 Å². The van der Waals surface area contributed by atoms with E-state index in [4.69, 9.17) is 0 Å². The van der Waals surface area contributed by atoms with E-state index in [9.17, 15) is 15.0 Å². The van der Waals surface area contributed by atoms with E-state index < -0.39 is 0 Å². The fourth-order valence-electron chi connectivity index (χ4n) is 2.48. The van der Waals surface area contributed by atoms with Gasteiger partial charge in [0.1, 0.15) is 5.01 Å². The van der Waals surface area contributed by atoms with Crippen molar-refractivity contribution >= 4 is 17.2 Å². The van der Waals surface area contributed by atoms with Crippen LogP contribution >= 0.6 is 11.3 Å². The predicted octanol–water partition coefficient (Wildman–Crippen LogP) is 4.27. The number of rotatable bonds is 5. The van der Waals surface area contributed by atoms with E-state index in [0.29, 0.717) is 29.3 Å². The van der Waals surface area contributed by atoms with Gasteiger partial charge in [0.2, 0.25) is 0 Å². The largest absolute Gasteiger partial charge is 0.504 e. The summed E-state index contributed by atoms with van der Waals surface area (Å²) in [6.45, 7) is 4.56. The standard InChI is InChI=1S/C20H20N2O3S/c1-12(2)13-3-5-14(6-4-13)20(25)21-10-19-22-16(11-26-19)15-7-8-17(23)18(24)9-15/h3-9,11-12,23-24H,10H2,1-2H3,(H,21,25). The van der Waals surface area contributed by atoms with Gasteiger partial charge in [0.15, 0.2) is 11.5 Å². The van der Waals surface area contributed by atoms with Gasteiger partial charge in [-0.1, -0.05) is 26.0 Å². The first-order valence-corrected chi connectivity index (χ1v) is 9.17. The van der Waals surface area contributed by atoms with Crippen molar-refractivity contribution in [3.05, 3.63) is 64.0 Å². The molecule has 2 aromatic carbocycles. The first-order chi connectivity index (χ1) is 12.4. The molecule has 5 nitrogen and oxygen atoms in total. The molecule has 0 aliphatic rings. The topological polar surface area (TPSA) is 82.5 Å². The Bertz CT molecular complexity index is 917. The van der Waals surface area contributed by atoms with E-state index in [2.05, 4.69) is 24.1 Å². The van der Waals surface area contributed by atoms with E-state index in [0.717, 1.165) is 5.01 Å². The molecule has 3 aromatic rings. The Balaban J connectivity index is 1.64. The summed E-state index contributed by atoms with van der Waals surface area (Å²) in [5.74, 6) is -0.0605. The van der Waals surface area contributed by atoms with Gasteiger partial charge in [-0.3, -0.25) is 4.79 Å². The van der Waals surface area contributed by atoms with Gasteiger partial charge in [0.05, 0.1) is 12.2 Å². The highest BCUT2D eigenvalue weighted by atomic mass is 32.1. The summed E-state index contributed by atoms with van der Waals surface area (Å²) in [7, 11) is 0. The molecule has 0 saturated heterocycles. The first kappa shape index (κ1) is 17.9. The van der Waals surface area contributed by atoms with Crippen molar-refractivity contribution in [3.63, 3.8) is 0 Å². The van der Waals surface area contributed by atoms with Gasteiger partial charge in [-0.25, -0.2) is 4.98 Å². The quantitative estimate of drug-likeness (QED) is 0.587. The number of hydrogen-bond acceptors (Lipinski definition) is 5. The summed E-state index contributed by atoms with van der Waals surface area (Å²) < 4.78 is 0. The van der Waals surface area contributed by atoms with Crippen LogP contribution in [0.25, 0.3) is 11.3 Å². The number of carbonyl (C=O) groups excluding carboxylic acids is 1. The fraction of sp³-hybridized carbons (Fsp3) is 0.200. The second kappa shape index (κ2) is 7.58. The minimum absolute atomic E-state index is 0.140. The molecule has 1 heterocycles. The lowest BCUT2D eigenvalue weighted by Crippen LogP contribution is -2.22. The number of aromatic nitrogens is 1. The smallest absolute Gasteiger partial charge is 0.251 e. The van der Waals surface area contributed by atoms with Gasteiger partial charge in [0.25, 0.3) is 5.91 Å². The van der Waals surface area contributed by atoms with Crippen LogP contribution in [0, 0.1) is 0 Å². The number of thiazole rings is 1. The number of hydrogen-bond donors (Lipinski definition) is 3. The fourth-order valence-corrected chi connectivity index (χ4v) is 3.23. The zero-order valence-electron chi connectivity index (χ0n) is 14.6. The lowest BCUT2D eigenvalue weighted by molar-refractivity contribution is 0.0951. The van der Waals surface area contributed by atoms with Crippen LogP contribution in [-0.4, -0.2) is 21.1 Å². The Morgan fingerprint density at radius 3 is 2.50 bits per heavy atom. The van der Waals surface area contributed by atoms with Crippen LogP contribution in [0.3, 0.4) is 0 Å². The Labute approximate surface area is 156 Å². The maximum Gasteiger partial charge on any atom is 0.251 e. The Kier molecular flexibility index (Phi) is 5.23. The van der Waals surface area contributed by atoms with Gasteiger partial charge in [-0.15, -0.1) is 11.3 Å². The first-order valence-electron chi connectivity index (χ1n) is 8.29. The molecule has 0 aliphatic carbocycles. The minimum Gasteiger partial charge on any atom is -0.504 e. The number of nitrogens with one attached hydrogen (secondary N) is 1. The molecule has 26 heavy (non-hydrogen) atoms. The second-order valence-corrected chi connectivity index (χ2v) is 7.23. The molecule has 0 spiro atoms. The summed E-state index contributed by atoms with van der Waals surface area (Å²) in [5.41, 5.74) is 3.21. The third-order valence-corrected chi connectivity index (χ3v) is 4.91. The number of carbonyl (C=O) groups is 1. The summed E-state index contributed by atoms with van der Waals surface area (Å²) >= 11 is 1.43. The van der Waals surface area contributed by atoms with Crippen LogP contribution in [-0.2, 0) is 6.54 Å². The second-order valence-electron chi connectivity index (χ2n) is 6.29. The molecule has 1 aromatic heterocycles. The highest BCUT2D eigenvalue weighted by Crippen LogP contribution is 2.31. The van der Waals surface area contributed by atoms with Crippen LogP contribution in [0.4, 0.5) is 0 Å². The van der Waals surface area contributed by atoms with Gasteiger partial charge < -0.3 is 15.5 Å². The average Bonchev–Trinajstić information content (AvgIpc) is 3.11. The van der Waals surface area contributed by atoms with Gasteiger partial charge in [-0.2, -0.15) is 0 Å². The Morgan fingerprint density at radius 2 is 1.85 bits per heavy atom. The van der Waals surface area contributed by atoms with Gasteiger partial charge in [-0.05, 0) is 41.8 Å². The molecule has 3 rings (SSSR count). The van der Waals surface area contributed by atoms with Crippen molar-refractivity contribution in [3.8, 4) is 22.8 Å². The molecule has 1 amide bonds. The molecule has 0 atom stereocenters. The van der Waals surface area contributed by atoms with Crippen molar-refractivity contribution in [2.45, 2.75) is 26.3 Å². The number of aromatic hydroxyl groups is 2. The summed E-state index contributed by atoms with van der Waals surface area (Å²) in [6, 6.07) is 12.2. The van der Waals surface area contributed by atoms with Crippen molar-refractivity contribution < 1.29 is 15.0 Å². The van der Waals surface area contributed by atoms with E-state index in [-0.39, 0.29) is 17.4 Å². The molecule has 0 bridgehead atoms. The molecule has 0 unspecified atom stereocenters. The summed E-state index contributed by atoms with van der Waals surface area (Å²) in [5, 5.41) is 24.5. The number of nitrogens with zero attached hydrogens (tertiary/aromatic N) is 1. The molecule has 0 aliphatic heterocycles. The molecule has 0 saturated carbocycles. The molecular weight excluding hydrogens is 348 g/mol. The number of phenols is 2. The van der Waals surface area contributed by atoms with E-state index in [1.165, 1.54) is 29.0 Å². The van der Waals surface area contributed by atoms with Crippen LogP contribution in [0.2, 0.25) is 0 Å².